The fraction of sp³-hybridized carbons (Fsp3) is 0.571. The highest BCUT2D eigenvalue weighted by Gasteiger charge is 2.25. The van der Waals surface area contributed by atoms with E-state index in [9.17, 15) is 0 Å². The molecule has 1 aromatic carbocycles. The number of fused-ring (bicyclic) bond motifs is 1. The standard InChI is InChI=1S/C14H18BrN/c15-13-3-1-2-12-11(13)6-7-14(12)16-9-8-10-4-5-10/h1-3,10,14,16H,4-9H2. The minimum Gasteiger partial charge on any atom is -0.310 e. The van der Waals surface area contributed by atoms with Gasteiger partial charge in [-0.2, -0.15) is 0 Å². The molecule has 1 unspecified atom stereocenters. The Morgan fingerprint density at radius 2 is 2.12 bits per heavy atom. The molecule has 16 heavy (non-hydrogen) atoms. The van der Waals surface area contributed by atoms with E-state index < -0.39 is 0 Å². The second-order valence-electron chi connectivity index (χ2n) is 5.09. The fourth-order valence-electron chi connectivity index (χ4n) is 2.69. The molecule has 1 saturated carbocycles. The van der Waals surface area contributed by atoms with Crippen LogP contribution in [0.2, 0.25) is 0 Å². The molecule has 1 fully saturated rings. The third-order valence-corrected chi connectivity index (χ3v) is 4.60. The minimum absolute atomic E-state index is 0.603. The van der Waals surface area contributed by atoms with Crippen LogP contribution in [-0.4, -0.2) is 6.54 Å². The van der Waals surface area contributed by atoms with E-state index in [-0.39, 0.29) is 0 Å². The van der Waals surface area contributed by atoms with E-state index in [0.717, 1.165) is 5.92 Å². The lowest BCUT2D eigenvalue weighted by Gasteiger charge is -2.14. The number of rotatable bonds is 4. The zero-order valence-corrected chi connectivity index (χ0v) is 11.1. The Labute approximate surface area is 106 Å². The van der Waals surface area contributed by atoms with Gasteiger partial charge in [0.05, 0.1) is 0 Å². The van der Waals surface area contributed by atoms with Crippen LogP contribution in [0, 0.1) is 5.92 Å². The van der Waals surface area contributed by atoms with Crippen molar-refractivity contribution in [3.05, 3.63) is 33.8 Å². The van der Waals surface area contributed by atoms with Crippen LogP contribution < -0.4 is 5.32 Å². The molecule has 3 rings (SSSR count). The van der Waals surface area contributed by atoms with Gasteiger partial charge < -0.3 is 5.32 Å². The molecule has 86 valence electrons. The second-order valence-corrected chi connectivity index (χ2v) is 5.94. The number of benzene rings is 1. The van der Waals surface area contributed by atoms with Crippen LogP contribution in [0.1, 0.15) is 42.9 Å². The van der Waals surface area contributed by atoms with Crippen molar-refractivity contribution in [2.75, 3.05) is 6.54 Å². The van der Waals surface area contributed by atoms with Crippen LogP contribution in [0.3, 0.4) is 0 Å². The third-order valence-electron chi connectivity index (χ3n) is 3.85. The predicted octanol–water partition coefficient (Wildman–Crippen LogP) is 3.83. The Bertz CT molecular complexity index is 384. The molecule has 0 heterocycles. The summed E-state index contributed by atoms with van der Waals surface area (Å²) in [6, 6.07) is 7.20. The molecular weight excluding hydrogens is 262 g/mol. The van der Waals surface area contributed by atoms with Crippen molar-refractivity contribution < 1.29 is 0 Å². The summed E-state index contributed by atoms with van der Waals surface area (Å²) in [7, 11) is 0. The molecule has 1 aromatic rings. The summed E-state index contributed by atoms with van der Waals surface area (Å²) in [5.41, 5.74) is 3.04. The van der Waals surface area contributed by atoms with E-state index >= 15 is 0 Å². The van der Waals surface area contributed by atoms with Crippen LogP contribution in [0.4, 0.5) is 0 Å². The number of hydrogen-bond donors (Lipinski definition) is 1. The lowest BCUT2D eigenvalue weighted by molar-refractivity contribution is 0.507. The molecule has 2 heteroatoms. The summed E-state index contributed by atoms with van der Waals surface area (Å²) in [4.78, 5) is 0. The van der Waals surface area contributed by atoms with Crippen LogP contribution >= 0.6 is 15.9 Å². The van der Waals surface area contributed by atoms with Gasteiger partial charge in [-0.1, -0.05) is 40.9 Å². The molecule has 1 nitrogen and oxygen atoms in total. The average Bonchev–Trinajstić information content (AvgIpc) is 3.00. The highest BCUT2D eigenvalue weighted by Crippen LogP contribution is 2.36. The van der Waals surface area contributed by atoms with Crippen molar-refractivity contribution in [2.45, 2.75) is 38.1 Å². The maximum atomic E-state index is 3.72. The zero-order valence-electron chi connectivity index (χ0n) is 9.51. The molecule has 1 atom stereocenters. The molecule has 0 aliphatic heterocycles. The van der Waals surface area contributed by atoms with Gasteiger partial charge in [-0.15, -0.1) is 0 Å². The van der Waals surface area contributed by atoms with E-state index in [1.807, 2.05) is 0 Å². The molecule has 2 aliphatic carbocycles. The van der Waals surface area contributed by atoms with Gasteiger partial charge in [0.1, 0.15) is 0 Å². The first-order chi connectivity index (χ1) is 7.84. The van der Waals surface area contributed by atoms with Gasteiger partial charge in [-0.3, -0.25) is 0 Å². The minimum atomic E-state index is 0.603. The van der Waals surface area contributed by atoms with Gasteiger partial charge in [-0.05, 0) is 48.9 Å². The molecular formula is C14H18BrN. The Morgan fingerprint density at radius 1 is 1.25 bits per heavy atom. The highest BCUT2D eigenvalue weighted by molar-refractivity contribution is 9.10. The Balaban J connectivity index is 1.63. The summed E-state index contributed by atoms with van der Waals surface area (Å²) in [6.45, 7) is 1.20. The van der Waals surface area contributed by atoms with Crippen molar-refractivity contribution in [2.24, 2.45) is 5.92 Å². The van der Waals surface area contributed by atoms with Crippen LogP contribution in [0.5, 0.6) is 0 Å². The molecule has 2 aliphatic rings. The van der Waals surface area contributed by atoms with E-state index in [1.54, 1.807) is 0 Å². The molecule has 0 bridgehead atoms. The first-order valence-corrected chi connectivity index (χ1v) is 7.14. The Morgan fingerprint density at radius 3 is 2.94 bits per heavy atom. The summed E-state index contributed by atoms with van der Waals surface area (Å²) in [5.74, 6) is 1.04. The van der Waals surface area contributed by atoms with Crippen LogP contribution in [-0.2, 0) is 6.42 Å². The lowest BCUT2D eigenvalue weighted by atomic mass is 10.1. The SMILES string of the molecule is Brc1cccc2c1CCC2NCCC1CC1. The Kier molecular flexibility index (Phi) is 3.03. The van der Waals surface area contributed by atoms with Crippen molar-refractivity contribution in [3.8, 4) is 0 Å². The number of hydrogen-bond acceptors (Lipinski definition) is 1. The highest BCUT2D eigenvalue weighted by atomic mass is 79.9. The number of halogens is 1. The molecule has 0 aromatic heterocycles. The first-order valence-electron chi connectivity index (χ1n) is 6.35. The normalized spacial score (nSPS) is 23.4. The quantitative estimate of drug-likeness (QED) is 0.884. The van der Waals surface area contributed by atoms with Gasteiger partial charge in [0.2, 0.25) is 0 Å². The molecule has 0 radical (unpaired) electrons. The lowest BCUT2D eigenvalue weighted by Crippen LogP contribution is -2.20. The molecule has 0 saturated heterocycles. The molecule has 0 amide bonds. The van der Waals surface area contributed by atoms with Gasteiger partial charge in [-0.25, -0.2) is 0 Å². The summed E-state index contributed by atoms with van der Waals surface area (Å²) >= 11 is 3.65. The largest absolute Gasteiger partial charge is 0.310 e. The van der Waals surface area contributed by atoms with Gasteiger partial charge in [0.15, 0.2) is 0 Å². The molecule has 1 N–H and O–H groups in total. The van der Waals surface area contributed by atoms with Crippen molar-refractivity contribution >= 4 is 15.9 Å². The predicted molar refractivity (Wildman–Crippen MR) is 70.5 cm³/mol. The summed E-state index contributed by atoms with van der Waals surface area (Å²) in [5, 5.41) is 3.72. The fourth-order valence-corrected chi connectivity index (χ4v) is 3.27. The average molecular weight is 280 g/mol. The van der Waals surface area contributed by atoms with Gasteiger partial charge in [0, 0.05) is 10.5 Å². The van der Waals surface area contributed by atoms with Gasteiger partial charge in [0.25, 0.3) is 0 Å². The maximum absolute atomic E-state index is 3.72. The van der Waals surface area contributed by atoms with E-state index in [1.165, 1.54) is 54.2 Å². The topological polar surface area (TPSA) is 12.0 Å². The van der Waals surface area contributed by atoms with Gasteiger partial charge >= 0.3 is 0 Å². The Hall–Kier alpha value is -0.340. The van der Waals surface area contributed by atoms with E-state index in [4.69, 9.17) is 0 Å². The molecule has 0 spiro atoms. The van der Waals surface area contributed by atoms with Crippen molar-refractivity contribution in [1.82, 2.24) is 5.32 Å². The van der Waals surface area contributed by atoms with Crippen molar-refractivity contribution in [1.29, 1.82) is 0 Å². The van der Waals surface area contributed by atoms with E-state index in [2.05, 4.69) is 39.4 Å². The first kappa shape index (κ1) is 10.8. The second kappa shape index (κ2) is 4.50. The smallest absolute Gasteiger partial charge is 0.0326 e. The van der Waals surface area contributed by atoms with Crippen LogP contribution in [0.25, 0.3) is 0 Å². The summed E-state index contributed by atoms with van der Waals surface area (Å²) in [6.07, 6.45) is 6.79. The third kappa shape index (κ3) is 2.18. The van der Waals surface area contributed by atoms with E-state index in [0.29, 0.717) is 6.04 Å². The maximum Gasteiger partial charge on any atom is 0.0326 e. The monoisotopic (exact) mass is 279 g/mol. The van der Waals surface area contributed by atoms with Crippen LogP contribution in [0.15, 0.2) is 22.7 Å². The summed E-state index contributed by atoms with van der Waals surface area (Å²) < 4.78 is 1.29. The number of nitrogens with one attached hydrogen (secondary N) is 1. The zero-order chi connectivity index (χ0) is 11.0. The van der Waals surface area contributed by atoms with Crippen molar-refractivity contribution in [3.63, 3.8) is 0 Å².